The fourth-order valence-electron chi connectivity index (χ4n) is 6.94. The van der Waals surface area contributed by atoms with Gasteiger partial charge in [0.05, 0.1) is 39.9 Å². The van der Waals surface area contributed by atoms with Crippen molar-refractivity contribution in [2.24, 2.45) is 0 Å². The molecular weight excluding hydrogens is 792 g/mol. The summed E-state index contributed by atoms with van der Waals surface area (Å²) in [7, 11) is 1.25. The number of hydrogen-bond donors (Lipinski definition) is 2. The first-order valence-electron chi connectivity index (χ1n) is 25.3. The second-order valence-electron chi connectivity index (χ2n) is 18.1. The van der Waals surface area contributed by atoms with Crippen molar-refractivity contribution in [1.82, 2.24) is 5.32 Å². The van der Waals surface area contributed by atoms with Gasteiger partial charge in [-0.15, -0.1) is 0 Å². The van der Waals surface area contributed by atoms with Crippen LogP contribution in [0.15, 0.2) is 72.9 Å². The van der Waals surface area contributed by atoms with Crippen molar-refractivity contribution >= 4 is 13.7 Å². The maximum atomic E-state index is 12.9. The first kappa shape index (κ1) is 59.9. The number of quaternary nitrogens is 1. The van der Waals surface area contributed by atoms with Crippen molar-refractivity contribution in [2.45, 2.75) is 219 Å². The number of hydrogen-bond acceptors (Lipinski definition) is 6. The summed E-state index contributed by atoms with van der Waals surface area (Å²) in [6, 6.07) is -0.890. The van der Waals surface area contributed by atoms with Crippen LogP contribution < -0.4 is 10.2 Å². The van der Waals surface area contributed by atoms with E-state index in [0.717, 1.165) is 70.6 Å². The van der Waals surface area contributed by atoms with Gasteiger partial charge in [-0.3, -0.25) is 9.36 Å². The van der Waals surface area contributed by atoms with Crippen molar-refractivity contribution in [1.29, 1.82) is 0 Å². The molecule has 0 fully saturated rings. The number of phosphoric ester groups is 1. The highest BCUT2D eigenvalue weighted by Crippen LogP contribution is 2.38. The van der Waals surface area contributed by atoms with Crippen LogP contribution in [0, 0.1) is 0 Å². The number of carbonyl (C=O) groups is 1. The first-order chi connectivity index (χ1) is 30.0. The molecule has 9 heteroatoms. The molecule has 0 aliphatic heterocycles. The molecule has 0 radical (unpaired) electrons. The van der Waals surface area contributed by atoms with Gasteiger partial charge in [0.2, 0.25) is 5.91 Å². The average molecular weight is 889 g/mol. The van der Waals surface area contributed by atoms with Crippen molar-refractivity contribution < 1.29 is 32.9 Å². The smallest absolute Gasteiger partial charge is 0.268 e. The molecule has 360 valence electrons. The van der Waals surface area contributed by atoms with Crippen molar-refractivity contribution in [3.63, 3.8) is 0 Å². The summed E-state index contributed by atoms with van der Waals surface area (Å²) in [5.74, 6) is -0.204. The van der Waals surface area contributed by atoms with E-state index in [4.69, 9.17) is 9.05 Å². The summed E-state index contributed by atoms with van der Waals surface area (Å²) in [6.45, 7) is 4.52. The maximum Gasteiger partial charge on any atom is 0.268 e. The Morgan fingerprint density at radius 1 is 0.581 bits per heavy atom. The van der Waals surface area contributed by atoms with Gasteiger partial charge < -0.3 is 28.8 Å². The summed E-state index contributed by atoms with van der Waals surface area (Å²) >= 11 is 0. The van der Waals surface area contributed by atoms with Crippen LogP contribution in [0.3, 0.4) is 0 Å². The Hall–Kier alpha value is -2.06. The molecule has 0 aromatic carbocycles. The molecule has 0 aliphatic rings. The summed E-state index contributed by atoms with van der Waals surface area (Å²) < 4.78 is 23.2. The molecule has 0 saturated carbocycles. The summed E-state index contributed by atoms with van der Waals surface area (Å²) in [5.41, 5.74) is 0. The average Bonchev–Trinajstić information content (AvgIpc) is 3.23. The number of phosphoric acid groups is 1. The molecule has 1 amide bonds. The van der Waals surface area contributed by atoms with E-state index in [0.29, 0.717) is 17.4 Å². The predicted molar refractivity (Wildman–Crippen MR) is 265 cm³/mol. The number of rotatable bonds is 45. The third-order valence-corrected chi connectivity index (χ3v) is 11.9. The molecule has 2 N–H and O–H groups in total. The number of aliphatic hydroxyl groups excluding tert-OH is 1. The predicted octanol–water partition coefficient (Wildman–Crippen LogP) is 14.1. The van der Waals surface area contributed by atoms with Crippen molar-refractivity contribution in [3.8, 4) is 0 Å². The number of carbonyl (C=O) groups excluding carboxylic acids is 1. The molecular formula is C53H97N2O6P. The maximum absolute atomic E-state index is 12.9. The molecule has 0 aromatic rings. The lowest BCUT2D eigenvalue weighted by Gasteiger charge is -2.29. The zero-order chi connectivity index (χ0) is 45.7. The van der Waals surface area contributed by atoms with Crippen LogP contribution in [0.5, 0.6) is 0 Å². The number of amides is 1. The van der Waals surface area contributed by atoms with Crippen LogP contribution in [-0.2, 0) is 18.4 Å². The topological polar surface area (TPSA) is 108 Å². The largest absolute Gasteiger partial charge is 0.756 e. The lowest BCUT2D eigenvalue weighted by atomic mass is 10.0. The lowest BCUT2D eigenvalue weighted by Crippen LogP contribution is -2.45. The number of unbranched alkanes of at least 4 members (excludes halogenated alkanes) is 22. The lowest BCUT2D eigenvalue weighted by molar-refractivity contribution is -0.870. The molecule has 0 heterocycles. The van der Waals surface area contributed by atoms with E-state index in [9.17, 15) is 19.4 Å². The second-order valence-corrected chi connectivity index (χ2v) is 19.6. The van der Waals surface area contributed by atoms with Gasteiger partial charge in [0.15, 0.2) is 0 Å². The summed E-state index contributed by atoms with van der Waals surface area (Å²) in [6.07, 6.45) is 59.5. The van der Waals surface area contributed by atoms with Gasteiger partial charge in [-0.1, -0.05) is 209 Å². The molecule has 8 nitrogen and oxygen atoms in total. The van der Waals surface area contributed by atoms with Crippen LogP contribution >= 0.6 is 7.82 Å². The minimum atomic E-state index is -4.59. The van der Waals surface area contributed by atoms with E-state index in [1.54, 1.807) is 6.08 Å². The SMILES string of the molecule is CC/C=C\C/C=C\C/C=C\C/C=C\C/C=C\CCCCCCCCCCCCCC(=O)NC(COP(=O)([O-])OCC[N+](C)(C)C)C(O)/C=C/CCCCCCCCCCCCC. The molecule has 0 bridgehead atoms. The second kappa shape index (κ2) is 44.2. The number of nitrogens with zero attached hydrogens (tertiary/aromatic N) is 1. The Morgan fingerprint density at radius 2 is 0.984 bits per heavy atom. The molecule has 0 saturated heterocycles. The van der Waals surface area contributed by atoms with Gasteiger partial charge in [0.1, 0.15) is 13.2 Å². The fraction of sp³-hybridized carbons (Fsp3) is 0.755. The summed E-state index contributed by atoms with van der Waals surface area (Å²) in [4.78, 5) is 25.4. The number of aliphatic hydroxyl groups is 1. The Bertz CT molecular complexity index is 1240. The molecule has 3 unspecified atom stereocenters. The standard InChI is InChI=1S/C53H97N2O6P/c1-6-8-10-12-14-16-18-20-21-22-23-24-25-26-27-28-29-30-31-32-33-35-37-39-41-43-45-47-53(57)54-51(50-61-62(58,59)60-49-48-55(3,4)5)52(56)46-44-42-40-38-36-34-19-17-15-13-11-9-7-2/h8,10,14,16,20-21,23-24,26-27,44,46,51-52,56H,6-7,9,11-13,15,17-19,22,25,28-43,45,47-50H2,1-5H3,(H-,54,57,58,59)/b10-8-,16-14-,21-20-,24-23-,27-26-,46-44+. The Kier molecular flexibility index (Phi) is 42.7. The monoisotopic (exact) mass is 889 g/mol. The van der Waals surface area contributed by atoms with Crippen molar-refractivity contribution in [2.75, 3.05) is 40.9 Å². The Morgan fingerprint density at radius 3 is 1.44 bits per heavy atom. The molecule has 3 atom stereocenters. The minimum Gasteiger partial charge on any atom is -0.756 e. The molecule has 0 spiro atoms. The third kappa shape index (κ3) is 45.9. The first-order valence-corrected chi connectivity index (χ1v) is 26.8. The van der Waals surface area contributed by atoms with Crippen LogP contribution in [0.1, 0.15) is 206 Å². The molecule has 0 rings (SSSR count). The van der Waals surface area contributed by atoms with E-state index in [2.05, 4.69) is 79.9 Å². The van der Waals surface area contributed by atoms with Gasteiger partial charge >= 0.3 is 0 Å². The third-order valence-electron chi connectivity index (χ3n) is 10.9. The summed E-state index contributed by atoms with van der Waals surface area (Å²) in [5, 5.41) is 13.8. The van der Waals surface area contributed by atoms with Crippen LogP contribution in [0.25, 0.3) is 0 Å². The molecule has 0 aromatic heterocycles. The van der Waals surface area contributed by atoms with Gasteiger partial charge in [-0.25, -0.2) is 0 Å². The van der Waals surface area contributed by atoms with E-state index >= 15 is 0 Å². The Balaban J connectivity index is 4.23. The normalized spacial score (nSPS) is 14.8. The van der Waals surface area contributed by atoms with Crippen molar-refractivity contribution in [3.05, 3.63) is 72.9 Å². The quantitative estimate of drug-likeness (QED) is 0.0273. The van der Waals surface area contributed by atoms with Crippen LogP contribution in [-0.4, -0.2) is 68.5 Å². The van der Waals surface area contributed by atoms with E-state index in [1.165, 1.54) is 116 Å². The van der Waals surface area contributed by atoms with Gasteiger partial charge in [0, 0.05) is 6.42 Å². The van der Waals surface area contributed by atoms with E-state index < -0.39 is 20.0 Å². The highest BCUT2D eigenvalue weighted by atomic mass is 31.2. The van der Waals surface area contributed by atoms with Crippen LogP contribution in [0.2, 0.25) is 0 Å². The number of likely N-dealkylation sites (N-methyl/N-ethyl adjacent to an activating group) is 1. The van der Waals surface area contributed by atoms with Crippen LogP contribution in [0.4, 0.5) is 0 Å². The zero-order valence-corrected chi connectivity index (χ0v) is 41.7. The van der Waals surface area contributed by atoms with Gasteiger partial charge in [-0.2, -0.15) is 0 Å². The van der Waals surface area contributed by atoms with Gasteiger partial charge in [-0.05, 0) is 64.2 Å². The highest BCUT2D eigenvalue weighted by Gasteiger charge is 2.23. The fourth-order valence-corrected chi connectivity index (χ4v) is 7.67. The molecule has 0 aliphatic carbocycles. The van der Waals surface area contributed by atoms with E-state index in [1.807, 2.05) is 27.2 Å². The minimum absolute atomic E-state index is 0.00427. The zero-order valence-electron chi connectivity index (χ0n) is 40.8. The number of allylic oxidation sites excluding steroid dienone is 11. The number of nitrogens with one attached hydrogen (secondary N) is 1. The Labute approximate surface area is 383 Å². The van der Waals surface area contributed by atoms with E-state index in [-0.39, 0.29) is 19.1 Å². The highest BCUT2D eigenvalue weighted by molar-refractivity contribution is 7.45. The van der Waals surface area contributed by atoms with Gasteiger partial charge in [0.25, 0.3) is 7.82 Å². The molecule has 62 heavy (non-hydrogen) atoms.